The molecule has 1 aromatic heterocycles. The van der Waals surface area contributed by atoms with E-state index in [2.05, 4.69) is 14.6 Å². The van der Waals surface area contributed by atoms with Crippen LogP contribution in [0.1, 0.15) is 35.3 Å². The number of likely N-dealkylation sites (tertiary alicyclic amines) is 1. The molecule has 0 aromatic carbocycles. The molecule has 0 radical (unpaired) electrons. The highest BCUT2D eigenvalue weighted by molar-refractivity contribution is 5.88. The molecule has 2 heterocycles. The molecule has 1 aliphatic heterocycles. The Labute approximate surface area is 135 Å². The number of piperidine rings is 1. The molecule has 2 aliphatic rings. The normalized spacial score (nSPS) is 22.6. The maximum atomic E-state index is 11.6. The Kier molecular flexibility index (Phi) is 4.35. The Morgan fingerprint density at radius 3 is 2.57 bits per heavy atom. The molecule has 2 fully saturated rings. The monoisotopic (exact) mass is 318 g/mol. The molecule has 1 aromatic rings. The minimum Gasteiger partial charge on any atom is -0.469 e. The number of ether oxygens (including phenoxy) is 2. The number of carbonyl (C=O) groups is 2. The van der Waals surface area contributed by atoms with E-state index in [9.17, 15) is 9.59 Å². The number of aromatic nitrogens is 1. The summed E-state index contributed by atoms with van der Waals surface area (Å²) in [6, 6.07) is 3.61. The maximum absolute atomic E-state index is 11.6. The third-order valence-electron chi connectivity index (χ3n) is 5.16. The van der Waals surface area contributed by atoms with Gasteiger partial charge < -0.3 is 9.47 Å². The number of esters is 2. The summed E-state index contributed by atoms with van der Waals surface area (Å²) in [5.74, 6) is -0.322. The van der Waals surface area contributed by atoms with E-state index in [1.165, 1.54) is 14.2 Å². The van der Waals surface area contributed by atoms with Crippen LogP contribution in [0.25, 0.3) is 0 Å². The smallest absolute Gasteiger partial charge is 0.339 e. The van der Waals surface area contributed by atoms with Crippen LogP contribution in [0.15, 0.2) is 18.3 Å². The summed E-state index contributed by atoms with van der Waals surface area (Å²) in [5.41, 5.74) is 1.59. The van der Waals surface area contributed by atoms with E-state index in [1.807, 2.05) is 6.07 Å². The molecule has 6 nitrogen and oxygen atoms in total. The summed E-state index contributed by atoms with van der Waals surface area (Å²) in [7, 11) is 2.83. The minimum atomic E-state index is -0.369. The fraction of sp³-hybridized carbons (Fsp3) is 0.588. The second kappa shape index (κ2) is 6.28. The van der Waals surface area contributed by atoms with Crippen molar-refractivity contribution in [1.82, 2.24) is 9.88 Å². The first kappa shape index (κ1) is 15.9. The fourth-order valence-electron chi connectivity index (χ4n) is 3.52. The molecule has 0 N–H and O–H groups in total. The quantitative estimate of drug-likeness (QED) is 0.786. The molecule has 1 aliphatic carbocycles. The lowest BCUT2D eigenvalue weighted by Gasteiger charge is -2.32. The number of rotatable bonds is 4. The highest BCUT2D eigenvalue weighted by atomic mass is 16.5. The zero-order chi connectivity index (χ0) is 16.4. The lowest BCUT2D eigenvalue weighted by atomic mass is 9.90. The predicted molar refractivity (Wildman–Crippen MR) is 82.6 cm³/mol. The molecule has 1 spiro atoms. The van der Waals surface area contributed by atoms with Gasteiger partial charge in [-0.2, -0.15) is 0 Å². The molecule has 3 rings (SSSR count). The van der Waals surface area contributed by atoms with Crippen molar-refractivity contribution in [2.45, 2.75) is 25.8 Å². The van der Waals surface area contributed by atoms with E-state index in [1.54, 1.807) is 12.3 Å². The largest absolute Gasteiger partial charge is 0.469 e. The fourth-order valence-corrected chi connectivity index (χ4v) is 3.52. The van der Waals surface area contributed by atoms with Crippen molar-refractivity contribution < 1.29 is 19.1 Å². The van der Waals surface area contributed by atoms with Gasteiger partial charge in [0.25, 0.3) is 0 Å². The van der Waals surface area contributed by atoms with Crippen molar-refractivity contribution in [3.63, 3.8) is 0 Å². The summed E-state index contributed by atoms with van der Waals surface area (Å²) in [6.07, 6.45) is 4.60. The van der Waals surface area contributed by atoms with E-state index in [4.69, 9.17) is 4.74 Å². The van der Waals surface area contributed by atoms with Crippen LogP contribution in [0.5, 0.6) is 0 Å². The molecule has 1 atom stereocenters. The van der Waals surface area contributed by atoms with Crippen LogP contribution in [0.3, 0.4) is 0 Å². The third kappa shape index (κ3) is 3.22. The van der Waals surface area contributed by atoms with Gasteiger partial charge in [0, 0.05) is 12.7 Å². The van der Waals surface area contributed by atoms with Crippen LogP contribution in [0.4, 0.5) is 0 Å². The van der Waals surface area contributed by atoms with Gasteiger partial charge in [0.2, 0.25) is 0 Å². The van der Waals surface area contributed by atoms with Crippen molar-refractivity contribution in [3.8, 4) is 0 Å². The van der Waals surface area contributed by atoms with Crippen molar-refractivity contribution in [1.29, 1.82) is 0 Å². The number of carbonyl (C=O) groups excluding carboxylic acids is 2. The van der Waals surface area contributed by atoms with E-state index in [0.717, 1.165) is 44.6 Å². The molecule has 6 heteroatoms. The molecule has 124 valence electrons. The van der Waals surface area contributed by atoms with Crippen LogP contribution >= 0.6 is 0 Å². The summed E-state index contributed by atoms with van der Waals surface area (Å²) < 4.78 is 9.53. The summed E-state index contributed by atoms with van der Waals surface area (Å²) in [6.45, 7) is 2.70. The second-order valence-corrected chi connectivity index (χ2v) is 6.45. The predicted octanol–water partition coefficient (Wildman–Crippen LogP) is 1.64. The van der Waals surface area contributed by atoms with Gasteiger partial charge in [0.15, 0.2) is 0 Å². The molecule has 0 bridgehead atoms. The molecule has 0 unspecified atom stereocenters. The molecular formula is C17H22N2O4. The van der Waals surface area contributed by atoms with Gasteiger partial charge in [-0.3, -0.25) is 14.7 Å². The Bertz CT molecular complexity index is 591. The van der Waals surface area contributed by atoms with Crippen LogP contribution < -0.4 is 0 Å². The van der Waals surface area contributed by atoms with Crippen molar-refractivity contribution in [3.05, 3.63) is 29.6 Å². The van der Waals surface area contributed by atoms with Crippen LogP contribution in [-0.4, -0.2) is 49.1 Å². The van der Waals surface area contributed by atoms with Gasteiger partial charge in [-0.25, -0.2) is 4.79 Å². The number of methoxy groups -OCH3 is 2. The summed E-state index contributed by atoms with van der Waals surface area (Å²) >= 11 is 0. The Balaban J connectivity index is 1.51. The van der Waals surface area contributed by atoms with Gasteiger partial charge in [0.1, 0.15) is 0 Å². The number of pyridine rings is 1. The average Bonchev–Trinajstić information content (AvgIpc) is 3.30. The number of hydrogen-bond acceptors (Lipinski definition) is 6. The van der Waals surface area contributed by atoms with E-state index in [0.29, 0.717) is 5.56 Å². The summed E-state index contributed by atoms with van der Waals surface area (Å²) in [4.78, 5) is 29.7. The van der Waals surface area contributed by atoms with Gasteiger partial charge in [0.05, 0.1) is 31.4 Å². The van der Waals surface area contributed by atoms with Gasteiger partial charge in [-0.15, -0.1) is 0 Å². The third-order valence-corrected chi connectivity index (χ3v) is 5.16. The Morgan fingerprint density at radius 2 is 2.00 bits per heavy atom. The van der Waals surface area contributed by atoms with Crippen LogP contribution in [0, 0.1) is 11.3 Å². The zero-order valence-corrected chi connectivity index (χ0v) is 13.6. The van der Waals surface area contributed by atoms with Crippen LogP contribution in [0.2, 0.25) is 0 Å². The molecule has 23 heavy (non-hydrogen) atoms. The Hall–Kier alpha value is -1.95. The lowest BCUT2D eigenvalue weighted by molar-refractivity contribution is -0.143. The highest BCUT2D eigenvalue weighted by Crippen LogP contribution is 2.59. The molecule has 0 amide bonds. The van der Waals surface area contributed by atoms with E-state index in [-0.39, 0.29) is 23.3 Å². The number of nitrogens with zero attached hydrogens (tertiary/aromatic N) is 2. The maximum Gasteiger partial charge on any atom is 0.339 e. The SMILES string of the molecule is COC(=O)c1ccc(CN2CCC3(CC2)C[C@H]3C(=O)OC)nc1. The topological polar surface area (TPSA) is 68.7 Å². The van der Waals surface area contributed by atoms with Gasteiger partial charge in [-0.05, 0) is 49.9 Å². The zero-order valence-electron chi connectivity index (χ0n) is 13.6. The van der Waals surface area contributed by atoms with Gasteiger partial charge >= 0.3 is 11.9 Å². The van der Waals surface area contributed by atoms with E-state index >= 15 is 0 Å². The average molecular weight is 318 g/mol. The lowest BCUT2D eigenvalue weighted by Crippen LogP contribution is -2.35. The standard InChI is InChI=1S/C17H22N2O4/c1-22-15(20)12-3-4-13(18-10-12)11-19-7-5-17(6-8-19)9-14(17)16(21)23-2/h3-4,10,14H,5-9,11H2,1-2H3/t14-/m0/s1. The first-order chi connectivity index (χ1) is 11.1. The number of hydrogen-bond donors (Lipinski definition) is 0. The van der Waals surface area contributed by atoms with Crippen molar-refractivity contribution >= 4 is 11.9 Å². The second-order valence-electron chi connectivity index (χ2n) is 6.45. The minimum absolute atomic E-state index is 0.0569. The van der Waals surface area contributed by atoms with Gasteiger partial charge in [-0.1, -0.05) is 0 Å². The Morgan fingerprint density at radius 1 is 1.26 bits per heavy atom. The molecular weight excluding hydrogens is 296 g/mol. The van der Waals surface area contributed by atoms with Crippen molar-refractivity contribution in [2.75, 3.05) is 27.3 Å². The van der Waals surface area contributed by atoms with Crippen molar-refractivity contribution in [2.24, 2.45) is 11.3 Å². The first-order valence-corrected chi connectivity index (χ1v) is 7.91. The summed E-state index contributed by atoms with van der Waals surface area (Å²) in [5, 5.41) is 0. The first-order valence-electron chi connectivity index (χ1n) is 7.91. The van der Waals surface area contributed by atoms with E-state index < -0.39 is 0 Å². The highest BCUT2D eigenvalue weighted by Gasteiger charge is 2.59. The van der Waals surface area contributed by atoms with Crippen LogP contribution in [-0.2, 0) is 20.8 Å². The molecule has 1 saturated heterocycles. The molecule has 1 saturated carbocycles.